The van der Waals surface area contributed by atoms with Gasteiger partial charge in [-0.15, -0.1) is 10.2 Å². The molecule has 0 fully saturated rings. The Hall–Kier alpha value is -3.75. The molecule has 36 heavy (non-hydrogen) atoms. The van der Waals surface area contributed by atoms with Gasteiger partial charge in [-0.2, -0.15) is 0 Å². The average Bonchev–Trinajstić information content (AvgIpc) is 3.15. The van der Waals surface area contributed by atoms with Gasteiger partial charge in [-0.05, 0) is 42.5 Å². The fraction of sp³-hybridized carbons (Fsp3) is 0.407. The van der Waals surface area contributed by atoms with Gasteiger partial charge in [0.15, 0.2) is 5.82 Å². The van der Waals surface area contributed by atoms with Crippen LogP contribution in [-0.4, -0.2) is 32.8 Å². The summed E-state index contributed by atoms with van der Waals surface area (Å²) < 4.78 is 22.1. The maximum atomic E-state index is 14.7. The zero-order chi connectivity index (χ0) is 25.5. The van der Waals surface area contributed by atoms with E-state index in [1.165, 1.54) is 6.07 Å². The molecule has 4 rings (SSSR count). The Morgan fingerprint density at radius 2 is 1.92 bits per heavy atom. The SMILES string of the molecule is CC[C@H](C)[C@H](NC(=O)OCc1ccccc1)C(=O)Nc1cc(-c2nnc3n2CCCCC3)ccc1F. The first-order chi connectivity index (χ1) is 17.5. The number of benzene rings is 2. The highest BCUT2D eigenvalue weighted by atomic mass is 19.1. The summed E-state index contributed by atoms with van der Waals surface area (Å²) in [7, 11) is 0. The first-order valence-corrected chi connectivity index (χ1v) is 12.5. The zero-order valence-electron chi connectivity index (χ0n) is 20.7. The highest BCUT2D eigenvalue weighted by molar-refractivity contribution is 5.97. The molecular formula is C27H32FN5O3. The summed E-state index contributed by atoms with van der Waals surface area (Å²) in [4.78, 5) is 25.6. The van der Waals surface area contributed by atoms with E-state index in [-0.39, 0.29) is 18.2 Å². The van der Waals surface area contributed by atoms with E-state index in [9.17, 15) is 14.0 Å². The lowest BCUT2D eigenvalue weighted by molar-refractivity contribution is -0.119. The molecule has 9 heteroatoms. The fourth-order valence-corrected chi connectivity index (χ4v) is 4.26. The summed E-state index contributed by atoms with van der Waals surface area (Å²) in [5.74, 6) is 0.290. The second-order valence-electron chi connectivity index (χ2n) is 9.16. The molecule has 190 valence electrons. The van der Waals surface area contributed by atoms with Crippen molar-refractivity contribution in [1.29, 1.82) is 0 Å². The van der Waals surface area contributed by atoms with E-state index >= 15 is 0 Å². The summed E-state index contributed by atoms with van der Waals surface area (Å²) in [5.41, 5.74) is 1.53. The van der Waals surface area contributed by atoms with Gasteiger partial charge in [0.05, 0.1) is 5.69 Å². The Labute approximate surface area is 210 Å². The minimum Gasteiger partial charge on any atom is -0.445 e. The standard InChI is InChI=1S/C27H32FN5O3/c1-3-18(2)24(30-27(35)36-17-19-10-6-4-7-11-19)26(34)29-22-16-20(13-14-21(22)28)25-32-31-23-12-8-5-9-15-33(23)25/h4,6-7,10-11,13-14,16,18,24H,3,5,8-9,12,15,17H2,1-2H3,(H,29,34)(H,30,35)/t18-,24-/m0/s1. The monoisotopic (exact) mass is 493 g/mol. The molecule has 8 nitrogen and oxygen atoms in total. The van der Waals surface area contributed by atoms with Gasteiger partial charge in [0, 0.05) is 18.5 Å². The second kappa shape index (κ2) is 11.8. The predicted octanol–water partition coefficient (Wildman–Crippen LogP) is 5.09. The van der Waals surface area contributed by atoms with Gasteiger partial charge in [0.2, 0.25) is 5.91 Å². The average molecular weight is 494 g/mol. The summed E-state index contributed by atoms with van der Waals surface area (Å²) in [6, 6.07) is 12.9. The fourth-order valence-electron chi connectivity index (χ4n) is 4.26. The number of alkyl carbamates (subject to hydrolysis) is 1. The molecule has 3 aromatic rings. The number of nitrogens with one attached hydrogen (secondary N) is 2. The van der Waals surface area contributed by atoms with Crippen LogP contribution in [0.5, 0.6) is 0 Å². The second-order valence-corrected chi connectivity index (χ2v) is 9.16. The van der Waals surface area contributed by atoms with Crippen molar-refractivity contribution in [2.24, 2.45) is 5.92 Å². The molecule has 0 radical (unpaired) electrons. The van der Waals surface area contributed by atoms with Crippen LogP contribution in [-0.2, 0) is 29.1 Å². The molecule has 1 aromatic heterocycles. The molecule has 2 heterocycles. The van der Waals surface area contributed by atoms with E-state index in [1.54, 1.807) is 12.1 Å². The normalized spacial score (nSPS) is 14.8. The lowest BCUT2D eigenvalue weighted by Crippen LogP contribution is -2.48. The largest absolute Gasteiger partial charge is 0.445 e. The number of aromatic nitrogens is 3. The lowest BCUT2D eigenvalue weighted by Gasteiger charge is -2.23. The minimum absolute atomic E-state index is 0.0243. The summed E-state index contributed by atoms with van der Waals surface area (Å²) in [6.07, 6.45) is 4.02. The van der Waals surface area contributed by atoms with Crippen LogP contribution in [0, 0.1) is 11.7 Å². The molecule has 2 atom stereocenters. The molecule has 1 aliphatic rings. The summed E-state index contributed by atoms with van der Waals surface area (Å²) in [5, 5.41) is 13.9. The van der Waals surface area contributed by atoms with Crippen LogP contribution >= 0.6 is 0 Å². The van der Waals surface area contributed by atoms with Crippen molar-refractivity contribution >= 4 is 17.7 Å². The third-order valence-corrected chi connectivity index (χ3v) is 6.57. The Bertz CT molecular complexity index is 1200. The number of rotatable bonds is 8. The van der Waals surface area contributed by atoms with Crippen LogP contribution in [0.15, 0.2) is 48.5 Å². The van der Waals surface area contributed by atoms with Crippen molar-refractivity contribution in [2.75, 3.05) is 5.32 Å². The van der Waals surface area contributed by atoms with E-state index in [1.807, 2.05) is 44.2 Å². The van der Waals surface area contributed by atoms with Gasteiger partial charge >= 0.3 is 6.09 Å². The smallest absolute Gasteiger partial charge is 0.408 e. The molecule has 0 saturated heterocycles. The van der Waals surface area contributed by atoms with Crippen molar-refractivity contribution in [3.63, 3.8) is 0 Å². The highest BCUT2D eigenvalue weighted by Crippen LogP contribution is 2.27. The summed E-state index contributed by atoms with van der Waals surface area (Å²) in [6.45, 7) is 4.66. The van der Waals surface area contributed by atoms with E-state index in [4.69, 9.17) is 4.74 Å². The Balaban J connectivity index is 1.48. The number of anilines is 1. The topological polar surface area (TPSA) is 98.1 Å². The minimum atomic E-state index is -0.898. The van der Waals surface area contributed by atoms with Crippen molar-refractivity contribution < 1.29 is 18.7 Å². The number of aryl methyl sites for hydroxylation is 1. The van der Waals surface area contributed by atoms with Crippen molar-refractivity contribution in [2.45, 2.75) is 65.1 Å². The number of ether oxygens (including phenoxy) is 1. The Morgan fingerprint density at radius 1 is 1.11 bits per heavy atom. The summed E-state index contributed by atoms with van der Waals surface area (Å²) >= 11 is 0. The third-order valence-electron chi connectivity index (χ3n) is 6.57. The number of halogens is 1. The molecule has 0 aliphatic carbocycles. The number of hydrogen-bond acceptors (Lipinski definition) is 5. The van der Waals surface area contributed by atoms with E-state index in [0.29, 0.717) is 17.8 Å². The number of fused-ring (bicyclic) bond motifs is 1. The number of amides is 2. The molecule has 0 saturated carbocycles. The number of carbonyl (C=O) groups excluding carboxylic acids is 2. The number of carbonyl (C=O) groups is 2. The van der Waals surface area contributed by atoms with Crippen molar-refractivity contribution in [1.82, 2.24) is 20.1 Å². The van der Waals surface area contributed by atoms with Gasteiger partial charge in [-0.1, -0.05) is 57.0 Å². The molecule has 2 amide bonds. The lowest BCUT2D eigenvalue weighted by atomic mass is 9.98. The van der Waals surface area contributed by atoms with Crippen LogP contribution in [0.3, 0.4) is 0 Å². The highest BCUT2D eigenvalue weighted by Gasteiger charge is 2.28. The Morgan fingerprint density at radius 3 is 2.69 bits per heavy atom. The molecule has 1 aliphatic heterocycles. The molecule has 2 aromatic carbocycles. The maximum Gasteiger partial charge on any atom is 0.408 e. The van der Waals surface area contributed by atoms with E-state index < -0.39 is 23.9 Å². The van der Waals surface area contributed by atoms with Crippen LogP contribution in [0.2, 0.25) is 0 Å². The van der Waals surface area contributed by atoms with Crippen LogP contribution in [0.4, 0.5) is 14.9 Å². The predicted molar refractivity (Wildman–Crippen MR) is 135 cm³/mol. The molecular weight excluding hydrogens is 461 g/mol. The molecule has 2 N–H and O–H groups in total. The van der Waals surface area contributed by atoms with Crippen LogP contribution < -0.4 is 10.6 Å². The molecule has 0 bridgehead atoms. The van der Waals surface area contributed by atoms with Gasteiger partial charge in [-0.25, -0.2) is 9.18 Å². The number of hydrogen-bond donors (Lipinski definition) is 2. The quantitative estimate of drug-likeness (QED) is 0.456. The maximum absolute atomic E-state index is 14.7. The van der Waals surface area contributed by atoms with Crippen molar-refractivity contribution in [3.8, 4) is 11.4 Å². The Kier molecular flexibility index (Phi) is 8.30. The van der Waals surface area contributed by atoms with E-state index in [0.717, 1.165) is 43.6 Å². The van der Waals surface area contributed by atoms with Crippen molar-refractivity contribution in [3.05, 3.63) is 65.7 Å². The first kappa shape index (κ1) is 25.3. The van der Waals surface area contributed by atoms with Crippen LogP contribution in [0.25, 0.3) is 11.4 Å². The van der Waals surface area contributed by atoms with Crippen LogP contribution in [0.1, 0.15) is 50.9 Å². The third kappa shape index (κ3) is 6.08. The van der Waals surface area contributed by atoms with Gasteiger partial charge in [0.1, 0.15) is 24.3 Å². The van der Waals surface area contributed by atoms with Gasteiger partial charge in [-0.3, -0.25) is 4.79 Å². The zero-order valence-corrected chi connectivity index (χ0v) is 20.7. The molecule has 0 spiro atoms. The molecule has 0 unspecified atom stereocenters. The first-order valence-electron chi connectivity index (χ1n) is 12.5. The van der Waals surface area contributed by atoms with E-state index in [2.05, 4.69) is 25.4 Å². The van der Waals surface area contributed by atoms with Gasteiger partial charge < -0.3 is 19.9 Å². The van der Waals surface area contributed by atoms with Gasteiger partial charge in [0.25, 0.3) is 0 Å². The number of nitrogens with zero attached hydrogens (tertiary/aromatic N) is 3.